The first kappa shape index (κ1) is 14.0. The van der Waals surface area contributed by atoms with E-state index in [9.17, 15) is 0 Å². The Kier molecular flexibility index (Phi) is 5.46. The second kappa shape index (κ2) is 6.63. The highest BCUT2D eigenvalue weighted by atomic mass is 32.2. The zero-order chi connectivity index (χ0) is 12.8. The molecule has 1 heterocycles. The van der Waals surface area contributed by atoms with Crippen LogP contribution in [0.1, 0.15) is 6.92 Å². The van der Waals surface area contributed by atoms with E-state index in [4.69, 9.17) is 5.84 Å². The van der Waals surface area contributed by atoms with Crippen LogP contribution < -0.4 is 16.6 Å². The van der Waals surface area contributed by atoms with Crippen LogP contribution in [-0.4, -0.2) is 47.8 Å². The van der Waals surface area contributed by atoms with Gasteiger partial charge < -0.3 is 15.6 Å². The largest absolute Gasteiger partial charge is 0.368 e. The van der Waals surface area contributed by atoms with Crippen molar-refractivity contribution in [1.82, 2.24) is 14.9 Å². The molecule has 4 N–H and O–H groups in total. The van der Waals surface area contributed by atoms with Crippen LogP contribution in [0.3, 0.4) is 0 Å². The molecule has 0 saturated carbocycles. The Balaban J connectivity index is 2.70. The Bertz CT molecular complexity index is 334. The van der Waals surface area contributed by atoms with Crippen molar-refractivity contribution in [2.24, 2.45) is 5.84 Å². The lowest BCUT2D eigenvalue weighted by molar-refractivity contribution is 0.326. The first-order chi connectivity index (χ1) is 8.06. The number of aromatic nitrogens is 2. The van der Waals surface area contributed by atoms with E-state index in [0.29, 0.717) is 17.0 Å². The maximum atomic E-state index is 5.36. The molecule has 0 bridgehead atoms. The van der Waals surface area contributed by atoms with Crippen molar-refractivity contribution < 1.29 is 0 Å². The van der Waals surface area contributed by atoms with Gasteiger partial charge in [0.1, 0.15) is 11.6 Å². The van der Waals surface area contributed by atoms with E-state index >= 15 is 0 Å². The molecular weight excluding hydrogens is 236 g/mol. The maximum absolute atomic E-state index is 5.36. The lowest BCUT2D eigenvalue weighted by Gasteiger charge is -2.20. The number of hydrazine groups is 1. The summed E-state index contributed by atoms with van der Waals surface area (Å²) in [5, 5.41) is 3.97. The monoisotopic (exact) mass is 256 g/mol. The fourth-order valence-corrected chi connectivity index (χ4v) is 1.50. The summed E-state index contributed by atoms with van der Waals surface area (Å²) in [7, 11) is 4.10. The predicted octanol–water partition coefficient (Wildman–Crippen LogP) is 0.846. The number of anilines is 2. The molecule has 1 aromatic rings. The van der Waals surface area contributed by atoms with Crippen LogP contribution in [0.15, 0.2) is 11.2 Å². The normalized spacial score (nSPS) is 12.6. The molecule has 7 heteroatoms. The van der Waals surface area contributed by atoms with Gasteiger partial charge in [0.15, 0.2) is 5.16 Å². The summed E-state index contributed by atoms with van der Waals surface area (Å²) >= 11 is 1.48. The lowest BCUT2D eigenvalue weighted by atomic mass is 10.3. The van der Waals surface area contributed by atoms with Gasteiger partial charge in [-0.3, -0.25) is 0 Å². The number of nitrogens with two attached hydrogens (primary N) is 1. The number of rotatable bonds is 6. The van der Waals surface area contributed by atoms with Crippen LogP contribution >= 0.6 is 11.8 Å². The SMILES string of the molecule is CSc1nc(NN)cc(NCC(C)N(C)C)n1. The molecule has 0 aliphatic carbocycles. The van der Waals surface area contributed by atoms with Crippen LogP contribution in [0.5, 0.6) is 0 Å². The van der Waals surface area contributed by atoms with Crippen LogP contribution in [0.4, 0.5) is 11.6 Å². The molecule has 0 aromatic carbocycles. The van der Waals surface area contributed by atoms with Crippen molar-refractivity contribution in [2.45, 2.75) is 18.1 Å². The van der Waals surface area contributed by atoms with Crippen molar-refractivity contribution >= 4 is 23.4 Å². The summed E-state index contributed by atoms with van der Waals surface area (Å²) in [6.07, 6.45) is 1.93. The van der Waals surface area contributed by atoms with Gasteiger partial charge in [0.25, 0.3) is 0 Å². The highest BCUT2D eigenvalue weighted by Crippen LogP contribution is 2.16. The quantitative estimate of drug-likeness (QED) is 0.301. The van der Waals surface area contributed by atoms with Crippen molar-refractivity contribution in [1.29, 1.82) is 0 Å². The predicted molar refractivity (Wildman–Crippen MR) is 73.3 cm³/mol. The van der Waals surface area contributed by atoms with E-state index < -0.39 is 0 Å². The molecule has 6 nitrogen and oxygen atoms in total. The Morgan fingerprint density at radius 1 is 1.41 bits per heavy atom. The van der Waals surface area contributed by atoms with E-state index in [-0.39, 0.29) is 0 Å². The molecule has 0 radical (unpaired) electrons. The van der Waals surface area contributed by atoms with Crippen LogP contribution in [-0.2, 0) is 0 Å². The fourth-order valence-electron chi connectivity index (χ4n) is 1.12. The van der Waals surface area contributed by atoms with Crippen LogP contribution in [0.25, 0.3) is 0 Å². The zero-order valence-corrected chi connectivity index (χ0v) is 11.5. The average molecular weight is 256 g/mol. The molecular formula is C10H20N6S. The first-order valence-electron chi connectivity index (χ1n) is 5.36. The minimum atomic E-state index is 0.428. The summed E-state index contributed by atoms with van der Waals surface area (Å²) in [5.41, 5.74) is 2.54. The summed E-state index contributed by atoms with van der Waals surface area (Å²) < 4.78 is 0. The number of likely N-dealkylation sites (N-methyl/N-ethyl adjacent to an activating group) is 1. The Morgan fingerprint density at radius 3 is 2.59 bits per heavy atom. The third-order valence-electron chi connectivity index (χ3n) is 2.50. The summed E-state index contributed by atoms with van der Waals surface area (Å²) in [6.45, 7) is 2.97. The summed E-state index contributed by atoms with van der Waals surface area (Å²) in [4.78, 5) is 10.7. The Labute approximate surface area is 106 Å². The summed E-state index contributed by atoms with van der Waals surface area (Å²) in [6, 6.07) is 2.22. The van der Waals surface area contributed by atoms with E-state index in [1.165, 1.54) is 11.8 Å². The average Bonchev–Trinajstić information content (AvgIpc) is 2.35. The number of nitrogens with zero attached hydrogens (tertiary/aromatic N) is 3. The molecule has 0 amide bonds. The van der Waals surface area contributed by atoms with Gasteiger partial charge >= 0.3 is 0 Å². The number of hydrogen-bond donors (Lipinski definition) is 3. The number of nitrogen functional groups attached to an aromatic ring is 1. The third kappa shape index (κ3) is 4.37. The molecule has 96 valence electrons. The number of hydrogen-bond acceptors (Lipinski definition) is 7. The van der Waals surface area contributed by atoms with Crippen molar-refractivity contribution in [3.8, 4) is 0 Å². The topological polar surface area (TPSA) is 79.1 Å². The van der Waals surface area contributed by atoms with E-state index in [0.717, 1.165) is 12.4 Å². The van der Waals surface area contributed by atoms with Gasteiger partial charge in [-0.05, 0) is 27.3 Å². The lowest BCUT2D eigenvalue weighted by Crippen LogP contribution is -2.31. The number of thioether (sulfide) groups is 1. The molecule has 1 rings (SSSR count). The van der Waals surface area contributed by atoms with Gasteiger partial charge in [0, 0.05) is 18.7 Å². The van der Waals surface area contributed by atoms with Crippen molar-refractivity contribution in [2.75, 3.05) is 37.6 Å². The second-order valence-corrected chi connectivity index (χ2v) is 4.74. The van der Waals surface area contributed by atoms with Gasteiger partial charge in [-0.1, -0.05) is 11.8 Å². The molecule has 0 fully saturated rings. The second-order valence-electron chi connectivity index (χ2n) is 3.96. The minimum absolute atomic E-state index is 0.428. The zero-order valence-electron chi connectivity index (χ0n) is 10.7. The number of nitrogens with one attached hydrogen (secondary N) is 2. The minimum Gasteiger partial charge on any atom is -0.368 e. The molecule has 1 atom stereocenters. The van der Waals surface area contributed by atoms with Crippen molar-refractivity contribution in [3.05, 3.63) is 6.07 Å². The van der Waals surface area contributed by atoms with Crippen LogP contribution in [0.2, 0.25) is 0 Å². The van der Waals surface area contributed by atoms with Gasteiger partial charge in [-0.25, -0.2) is 15.8 Å². The van der Waals surface area contributed by atoms with Gasteiger partial charge in [-0.2, -0.15) is 0 Å². The van der Waals surface area contributed by atoms with Gasteiger partial charge in [-0.15, -0.1) is 0 Å². The third-order valence-corrected chi connectivity index (χ3v) is 3.04. The highest BCUT2D eigenvalue weighted by molar-refractivity contribution is 7.98. The fraction of sp³-hybridized carbons (Fsp3) is 0.600. The first-order valence-corrected chi connectivity index (χ1v) is 6.59. The molecule has 0 saturated heterocycles. The Hall–Kier alpha value is -1.05. The standard InChI is InChI=1S/C10H20N6S/c1-7(16(2)3)6-12-8-5-9(15-11)14-10(13-8)17-4/h5,7H,6,11H2,1-4H3,(H2,12,13,14,15). The molecule has 1 aromatic heterocycles. The highest BCUT2D eigenvalue weighted by Gasteiger charge is 2.06. The van der Waals surface area contributed by atoms with Crippen molar-refractivity contribution in [3.63, 3.8) is 0 Å². The van der Waals surface area contributed by atoms with E-state index in [1.54, 1.807) is 6.07 Å². The molecule has 0 aliphatic rings. The smallest absolute Gasteiger partial charge is 0.191 e. The molecule has 0 aliphatic heterocycles. The van der Waals surface area contributed by atoms with Gasteiger partial charge in [0.05, 0.1) is 0 Å². The molecule has 0 spiro atoms. The summed E-state index contributed by atoms with van der Waals surface area (Å²) in [5.74, 6) is 6.76. The Morgan fingerprint density at radius 2 is 2.06 bits per heavy atom. The molecule has 1 unspecified atom stereocenters. The molecule has 17 heavy (non-hydrogen) atoms. The van der Waals surface area contributed by atoms with Gasteiger partial charge in [0.2, 0.25) is 0 Å². The van der Waals surface area contributed by atoms with Crippen LogP contribution in [0, 0.1) is 0 Å². The maximum Gasteiger partial charge on any atom is 0.191 e. The van der Waals surface area contributed by atoms with E-state index in [1.807, 2.05) is 20.4 Å². The van der Waals surface area contributed by atoms with E-state index in [2.05, 4.69) is 32.5 Å².